The number of nitrogen functional groups attached to an aromatic ring is 1. The van der Waals surface area contributed by atoms with Gasteiger partial charge in [-0.15, -0.1) is 0 Å². The van der Waals surface area contributed by atoms with Crippen LogP contribution < -0.4 is 5.73 Å². The fourth-order valence-electron chi connectivity index (χ4n) is 2.36. The van der Waals surface area contributed by atoms with E-state index in [1.807, 2.05) is 0 Å². The largest absolute Gasteiger partial charge is 0.477 e. The van der Waals surface area contributed by atoms with E-state index >= 15 is 0 Å². The second-order valence-electron chi connectivity index (χ2n) is 4.60. The number of carboxylic acid groups (broad SMARTS) is 1. The normalized spacial score (nSPS) is 12.4. The van der Waals surface area contributed by atoms with Crippen molar-refractivity contribution in [2.45, 2.75) is 12.8 Å². The number of rotatable bonds is 2. The van der Waals surface area contributed by atoms with Crippen LogP contribution in [-0.2, 0) is 12.8 Å². The van der Waals surface area contributed by atoms with Gasteiger partial charge in [-0.1, -0.05) is 6.07 Å². The molecule has 2 aromatic heterocycles. The molecule has 0 bridgehead atoms. The molecule has 0 amide bonds. The molecule has 0 fully saturated rings. The highest BCUT2D eigenvalue weighted by molar-refractivity contribution is 5.87. The summed E-state index contributed by atoms with van der Waals surface area (Å²) in [5.74, 6) is -0.952. The van der Waals surface area contributed by atoms with Crippen LogP contribution in [0.25, 0.3) is 11.4 Å². The molecule has 0 radical (unpaired) electrons. The van der Waals surface area contributed by atoms with Crippen LogP contribution in [0.4, 0.5) is 5.82 Å². The summed E-state index contributed by atoms with van der Waals surface area (Å²) in [4.78, 5) is 30.3. The highest BCUT2D eigenvalue weighted by Gasteiger charge is 2.22. The van der Waals surface area contributed by atoms with Gasteiger partial charge < -0.3 is 10.8 Å². The minimum atomic E-state index is -1.09. The number of nitrogens with zero attached hydrogens (tertiary/aromatic N) is 2. The summed E-state index contributed by atoms with van der Waals surface area (Å²) >= 11 is 0. The van der Waals surface area contributed by atoms with Crippen LogP contribution in [0.1, 0.15) is 32.0 Å². The first-order valence-electron chi connectivity index (χ1n) is 6.08. The van der Waals surface area contributed by atoms with E-state index in [0.717, 1.165) is 24.0 Å². The van der Waals surface area contributed by atoms with Gasteiger partial charge in [0, 0.05) is 0 Å². The number of hydrogen-bond donors (Lipinski definition) is 2. The molecule has 0 atom stereocenters. The van der Waals surface area contributed by atoms with Crippen LogP contribution in [0, 0.1) is 0 Å². The Kier molecular flexibility index (Phi) is 2.71. The van der Waals surface area contributed by atoms with Crippen LogP contribution in [0.2, 0.25) is 0 Å². The van der Waals surface area contributed by atoms with Crippen molar-refractivity contribution in [1.29, 1.82) is 0 Å². The van der Waals surface area contributed by atoms with Crippen molar-refractivity contribution in [1.82, 2.24) is 9.97 Å². The van der Waals surface area contributed by atoms with E-state index in [2.05, 4.69) is 9.97 Å². The molecule has 0 aliphatic heterocycles. The standard InChI is InChI=1S/C14H11N3O3/c15-13-9(6-18)5-8-2-1-7-3-4-10(14(19)20)16-11(7)12(8)17-13/h3-6H,1-2H2,(H2,15,17)(H,19,20). The number of aromatic nitrogens is 2. The number of anilines is 1. The summed E-state index contributed by atoms with van der Waals surface area (Å²) < 4.78 is 0. The third-order valence-electron chi connectivity index (χ3n) is 3.37. The topological polar surface area (TPSA) is 106 Å². The Morgan fingerprint density at radius 3 is 2.60 bits per heavy atom. The molecule has 0 saturated heterocycles. The molecule has 3 rings (SSSR count). The quantitative estimate of drug-likeness (QED) is 0.797. The Labute approximate surface area is 114 Å². The fourth-order valence-corrected chi connectivity index (χ4v) is 2.36. The molecule has 0 aromatic carbocycles. The predicted molar refractivity (Wildman–Crippen MR) is 71.6 cm³/mol. The van der Waals surface area contributed by atoms with E-state index in [0.29, 0.717) is 23.2 Å². The van der Waals surface area contributed by atoms with Gasteiger partial charge in [-0.3, -0.25) is 4.79 Å². The summed E-state index contributed by atoms with van der Waals surface area (Å²) in [7, 11) is 0. The lowest BCUT2D eigenvalue weighted by Gasteiger charge is -2.19. The minimum Gasteiger partial charge on any atom is -0.477 e. The number of nitrogens with two attached hydrogens (primary N) is 1. The van der Waals surface area contributed by atoms with Crippen molar-refractivity contribution in [3.63, 3.8) is 0 Å². The van der Waals surface area contributed by atoms with E-state index < -0.39 is 5.97 Å². The fraction of sp³-hybridized carbons (Fsp3) is 0.143. The molecular weight excluding hydrogens is 258 g/mol. The molecule has 1 aliphatic rings. The lowest BCUT2D eigenvalue weighted by Crippen LogP contribution is -2.12. The number of carboxylic acids is 1. The second kappa shape index (κ2) is 4.41. The van der Waals surface area contributed by atoms with E-state index in [1.54, 1.807) is 12.1 Å². The van der Waals surface area contributed by atoms with Gasteiger partial charge in [0.1, 0.15) is 11.5 Å². The van der Waals surface area contributed by atoms with E-state index in [9.17, 15) is 9.59 Å². The second-order valence-corrected chi connectivity index (χ2v) is 4.60. The number of hydrogen-bond acceptors (Lipinski definition) is 5. The number of carbonyl (C=O) groups is 2. The average molecular weight is 269 g/mol. The molecule has 6 nitrogen and oxygen atoms in total. The van der Waals surface area contributed by atoms with Crippen LogP contribution in [0.3, 0.4) is 0 Å². The monoisotopic (exact) mass is 269 g/mol. The van der Waals surface area contributed by atoms with Gasteiger partial charge >= 0.3 is 5.97 Å². The van der Waals surface area contributed by atoms with Gasteiger partial charge in [0.15, 0.2) is 6.29 Å². The Morgan fingerprint density at radius 1 is 1.20 bits per heavy atom. The number of aromatic carboxylic acids is 1. The number of carbonyl (C=O) groups excluding carboxylic acids is 1. The SMILES string of the molecule is Nc1nc2c(cc1C=O)CCc1ccc(C(=O)O)nc1-2. The summed E-state index contributed by atoms with van der Waals surface area (Å²) in [6.07, 6.45) is 2.13. The van der Waals surface area contributed by atoms with Gasteiger partial charge in [0.2, 0.25) is 0 Å². The van der Waals surface area contributed by atoms with Crippen molar-refractivity contribution in [3.8, 4) is 11.4 Å². The maximum atomic E-state index is 11.0. The zero-order chi connectivity index (χ0) is 14.3. The Morgan fingerprint density at radius 2 is 1.90 bits per heavy atom. The summed E-state index contributed by atoms with van der Waals surface area (Å²) in [6, 6.07) is 4.93. The average Bonchev–Trinajstić information content (AvgIpc) is 2.45. The summed E-state index contributed by atoms with van der Waals surface area (Å²) in [6.45, 7) is 0. The van der Waals surface area contributed by atoms with E-state index in [4.69, 9.17) is 10.8 Å². The smallest absolute Gasteiger partial charge is 0.354 e. The number of pyridine rings is 2. The zero-order valence-electron chi connectivity index (χ0n) is 10.5. The first kappa shape index (κ1) is 12.3. The third kappa shape index (κ3) is 1.82. The van der Waals surface area contributed by atoms with Crippen LogP contribution >= 0.6 is 0 Å². The van der Waals surface area contributed by atoms with Crippen molar-refractivity contribution < 1.29 is 14.7 Å². The van der Waals surface area contributed by atoms with Gasteiger partial charge in [-0.25, -0.2) is 14.8 Å². The number of fused-ring (bicyclic) bond motifs is 3. The molecule has 0 saturated carbocycles. The molecule has 2 heterocycles. The van der Waals surface area contributed by atoms with Gasteiger partial charge in [-0.05, 0) is 36.1 Å². The lowest BCUT2D eigenvalue weighted by atomic mass is 9.91. The highest BCUT2D eigenvalue weighted by Crippen LogP contribution is 2.32. The first-order valence-corrected chi connectivity index (χ1v) is 6.08. The minimum absolute atomic E-state index is 0.0311. The number of aldehydes is 1. The van der Waals surface area contributed by atoms with Crippen molar-refractivity contribution in [3.05, 3.63) is 40.6 Å². The maximum absolute atomic E-state index is 11.0. The summed E-state index contributed by atoms with van der Waals surface area (Å²) in [5, 5.41) is 9.02. The van der Waals surface area contributed by atoms with E-state index in [-0.39, 0.29) is 11.5 Å². The van der Waals surface area contributed by atoms with Crippen molar-refractivity contribution in [2.24, 2.45) is 0 Å². The molecule has 1 aliphatic carbocycles. The van der Waals surface area contributed by atoms with Crippen molar-refractivity contribution in [2.75, 3.05) is 5.73 Å². The molecule has 0 unspecified atom stereocenters. The van der Waals surface area contributed by atoms with Gasteiger partial charge in [0.25, 0.3) is 0 Å². The van der Waals surface area contributed by atoms with Crippen LogP contribution in [0.5, 0.6) is 0 Å². The lowest BCUT2D eigenvalue weighted by molar-refractivity contribution is 0.0690. The van der Waals surface area contributed by atoms with E-state index in [1.165, 1.54) is 6.07 Å². The number of aryl methyl sites for hydroxylation is 2. The maximum Gasteiger partial charge on any atom is 0.354 e. The predicted octanol–water partition coefficient (Wildman–Crippen LogP) is 1.34. The third-order valence-corrected chi connectivity index (χ3v) is 3.37. The molecule has 0 spiro atoms. The van der Waals surface area contributed by atoms with Gasteiger partial charge in [0.05, 0.1) is 17.0 Å². The first-order chi connectivity index (χ1) is 9.60. The highest BCUT2D eigenvalue weighted by atomic mass is 16.4. The van der Waals surface area contributed by atoms with Crippen LogP contribution in [-0.4, -0.2) is 27.3 Å². The summed E-state index contributed by atoms with van der Waals surface area (Å²) in [5.41, 5.74) is 8.95. The van der Waals surface area contributed by atoms with Crippen molar-refractivity contribution >= 4 is 18.1 Å². The molecule has 20 heavy (non-hydrogen) atoms. The molecule has 2 aromatic rings. The Hall–Kier alpha value is -2.76. The molecular formula is C14H11N3O3. The Bertz CT molecular complexity index is 741. The zero-order valence-corrected chi connectivity index (χ0v) is 10.5. The molecule has 100 valence electrons. The molecule has 6 heteroatoms. The molecule has 3 N–H and O–H groups in total. The van der Waals surface area contributed by atoms with Gasteiger partial charge in [-0.2, -0.15) is 0 Å². The van der Waals surface area contributed by atoms with Crippen LogP contribution in [0.15, 0.2) is 18.2 Å². The Balaban J connectivity index is 2.23.